The van der Waals surface area contributed by atoms with Gasteiger partial charge in [0.2, 0.25) is 5.91 Å². The van der Waals surface area contributed by atoms with Crippen LogP contribution in [0.3, 0.4) is 0 Å². The summed E-state index contributed by atoms with van der Waals surface area (Å²) in [6, 6.07) is 4.12. The molecule has 1 amide bonds. The minimum atomic E-state index is 0.0550. The highest BCUT2D eigenvalue weighted by molar-refractivity contribution is 7.12. The summed E-state index contributed by atoms with van der Waals surface area (Å²) in [6.07, 6.45) is 4.37. The monoisotopic (exact) mass is 275 g/mol. The first-order chi connectivity index (χ1) is 9.10. The van der Waals surface area contributed by atoms with E-state index in [9.17, 15) is 4.79 Å². The van der Waals surface area contributed by atoms with Crippen LogP contribution in [0.4, 0.5) is 0 Å². The largest absolute Gasteiger partial charge is 0.334 e. The third-order valence-electron chi connectivity index (χ3n) is 3.04. The van der Waals surface area contributed by atoms with Gasteiger partial charge in [-0.1, -0.05) is 6.08 Å². The minimum absolute atomic E-state index is 0.0550. The summed E-state index contributed by atoms with van der Waals surface area (Å²) >= 11 is 1.50. The van der Waals surface area contributed by atoms with Gasteiger partial charge in [-0.3, -0.25) is 4.79 Å². The highest BCUT2D eigenvalue weighted by atomic mass is 32.1. The van der Waals surface area contributed by atoms with Crippen LogP contribution in [0.2, 0.25) is 0 Å². The van der Waals surface area contributed by atoms with E-state index in [1.54, 1.807) is 6.08 Å². The Morgan fingerprint density at radius 3 is 3.11 bits per heavy atom. The second kappa shape index (κ2) is 6.00. The van der Waals surface area contributed by atoms with Gasteiger partial charge in [-0.25, -0.2) is 0 Å². The van der Waals surface area contributed by atoms with Crippen molar-refractivity contribution in [3.8, 4) is 6.07 Å². The number of likely N-dealkylation sites (N-methyl/N-ethyl adjacent to an activating group) is 1. The van der Waals surface area contributed by atoms with Crippen molar-refractivity contribution in [2.24, 2.45) is 0 Å². The zero-order chi connectivity index (χ0) is 13.8. The van der Waals surface area contributed by atoms with Gasteiger partial charge in [-0.15, -0.1) is 11.3 Å². The Balaban J connectivity index is 1.99. The summed E-state index contributed by atoms with van der Waals surface area (Å²) in [4.78, 5) is 17.8. The fourth-order valence-corrected chi connectivity index (χ4v) is 3.06. The summed E-state index contributed by atoms with van der Waals surface area (Å²) in [6.45, 7) is 2.13. The van der Waals surface area contributed by atoms with Crippen molar-refractivity contribution < 1.29 is 4.79 Å². The van der Waals surface area contributed by atoms with Crippen molar-refractivity contribution in [2.45, 2.75) is 13.0 Å². The van der Waals surface area contributed by atoms with E-state index in [-0.39, 0.29) is 5.91 Å². The smallest absolute Gasteiger partial charge is 0.246 e. The van der Waals surface area contributed by atoms with Crippen LogP contribution in [0.25, 0.3) is 0 Å². The van der Waals surface area contributed by atoms with Crippen LogP contribution in [-0.2, 0) is 17.8 Å². The quantitative estimate of drug-likeness (QED) is 0.788. The molecule has 1 aromatic rings. The Morgan fingerprint density at radius 2 is 2.42 bits per heavy atom. The first-order valence-corrected chi connectivity index (χ1v) is 7.03. The maximum Gasteiger partial charge on any atom is 0.246 e. The molecule has 2 heterocycles. The number of hydrogen-bond donors (Lipinski definition) is 0. The topological polar surface area (TPSA) is 47.3 Å². The van der Waals surface area contributed by atoms with E-state index in [4.69, 9.17) is 5.26 Å². The SMILES string of the molecule is CN(C)C/C=C/C(=O)N1CCc2cc(C#N)sc2C1. The van der Waals surface area contributed by atoms with Gasteiger partial charge in [0.15, 0.2) is 0 Å². The molecule has 5 heteroatoms. The summed E-state index contributed by atoms with van der Waals surface area (Å²) in [7, 11) is 3.94. The number of amides is 1. The number of carbonyl (C=O) groups is 1. The lowest BCUT2D eigenvalue weighted by molar-refractivity contribution is -0.126. The van der Waals surface area contributed by atoms with E-state index >= 15 is 0 Å². The minimum Gasteiger partial charge on any atom is -0.334 e. The van der Waals surface area contributed by atoms with E-state index in [1.807, 2.05) is 36.0 Å². The summed E-state index contributed by atoms with van der Waals surface area (Å²) in [5.74, 6) is 0.0550. The number of hydrogen-bond acceptors (Lipinski definition) is 4. The second-order valence-electron chi connectivity index (χ2n) is 4.85. The average Bonchev–Trinajstić information content (AvgIpc) is 2.79. The molecule has 0 atom stereocenters. The van der Waals surface area contributed by atoms with Crippen molar-refractivity contribution in [3.63, 3.8) is 0 Å². The standard InChI is InChI=1S/C14H17N3OS/c1-16(2)6-3-4-14(18)17-7-5-11-8-12(9-15)19-13(11)10-17/h3-4,8H,5-7,10H2,1-2H3/b4-3+. The van der Waals surface area contributed by atoms with E-state index in [2.05, 4.69) is 6.07 Å². The normalized spacial score (nSPS) is 14.7. The van der Waals surface area contributed by atoms with E-state index in [0.29, 0.717) is 6.54 Å². The van der Waals surface area contributed by atoms with Crippen LogP contribution in [0.5, 0.6) is 0 Å². The lowest BCUT2D eigenvalue weighted by Gasteiger charge is -2.25. The fraction of sp³-hybridized carbons (Fsp3) is 0.429. The van der Waals surface area contributed by atoms with Crippen LogP contribution < -0.4 is 0 Å². The first-order valence-electron chi connectivity index (χ1n) is 6.22. The van der Waals surface area contributed by atoms with Gasteiger partial charge in [0.25, 0.3) is 0 Å². The number of nitriles is 1. The Kier molecular flexibility index (Phi) is 4.35. The lowest BCUT2D eigenvalue weighted by Crippen LogP contribution is -2.34. The molecule has 1 aliphatic heterocycles. The van der Waals surface area contributed by atoms with Gasteiger partial charge in [0.1, 0.15) is 10.9 Å². The molecule has 100 valence electrons. The molecule has 1 aromatic heterocycles. The molecule has 2 rings (SSSR count). The summed E-state index contributed by atoms with van der Waals surface area (Å²) in [5.41, 5.74) is 1.22. The number of fused-ring (bicyclic) bond motifs is 1. The molecule has 1 aliphatic rings. The van der Waals surface area contributed by atoms with Gasteiger partial charge < -0.3 is 9.80 Å². The molecule has 0 saturated carbocycles. The molecule has 0 spiro atoms. The number of thiophene rings is 1. The summed E-state index contributed by atoms with van der Waals surface area (Å²) in [5, 5.41) is 8.89. The van der Waals surface area contributed by atoms with Gasteiger partial charge in [0, 0.05) is 24.0 Å². The second-order valence-corrected chi connectivity index (χ2v) is 5.98. The predicted octanol–water partition coefficient (Wildman–Crippen LogP) is 1.62. The molecular formula is C14H17N3OS. The highest BCUT2D eigenvalue weighted by Gasteiger charge is 2.21. The van der Waals surface area contributed by atoms with Gasteiger partial charge in [0.05, 0.1) is 6.54 Å². The average molecular weight is 275 g/mol. The van der Waals surface area contributed by atoms with Crippen molar-refractivity contribution >= 4 is 17.2 Å². The molecule has 0 aromatic carbocycles. The molecular weight excluding hydrogens is 258 g/mol. The Labute approximate surface area is 117 Å². The first kappa shape index (κ1) is 13.8. The fourth-order valence-electron chi connectivity index (χ4n) is 2.03. The molecule has 4 nitrogen and oxygen atoms in total. The van der Waals surface area contributed by atoms with E-state index < -0.39 is 0 Å². The third-order valence-corrected chi connectivity index (χ3v) is 4.10. The van der Waals surface area contributed by atoms with Crippen molar-refractivity contribution in [1.29, 1.82) is 5.26 Å². The van der Waals surface area contributed by atoms with Gasteiger partial charge in [-0.05, 0) is 32.1 Å². The van der Waals surface area contributed by atoms with E-state index in [1.165, 1.54) is 16.9 Å². The van der Waals surface area contributed by atoms with Gasteiger partial charge >= 0.3 is 0 Å². The molecule has 0 saturated heterocycles. The zero-order valence-corrected chi connectivity index (χ0v) is 12.0. The van der Waals surface area contributed by atoms with Crippen molar-refractivity contribution in [3.05, 3.63) is 33.5 Å². The van der Waals surface area contributed by atoms with Crippen LogP contribution in [0.15, 0.2) is 18.2 Å². The molecule has 0 N–H and O–H groups in total. The molecule has 0 radical (unpaired) electrons. The molecule has 0 unspecified atom stereocenters. The number of nitrogens with zero attached hydrogens (tertiary/aromatic N) is 3. The Morgan fingerprint density at radius 1 is 1.63 bits per heavy atom. The van der Waals surface area contributed by atoms with Crippen molar-refractivity contribution in [2.75, 3.05) is 27.2 Å². The third kappa shape index (κ3) is 3.43. The summed E-state index contributed by atoms with van der Waals surface area (Å²) < 4.78 is 0. The van der Waals surface area contributed by atoms with Crippen LogP contribution in [0.1, 0.15) is 15.3 Å². The molecule has 19 heavy (non-hydrogen) atoms. The Hall–Kier alpha value is -1.64. The molecule has 0 bridgehead atoms. The molecule has 0 fully saturated rings. The molecule has 0 aliphatic carbocycles. The van der Waals surface area contributed by atoms with Crippen LogP contribution >= 0.6 is 11.3 Å². The van der Waals surface area contributed by atoms with E-state index in [0.717, 1.165) is 29.3 Å². The maximum atomic E-state index is 12.0. The lowest BCUT2D eigenvalue weighted by atomic mass is 10.1. The predicted molar refractivity (Wildman–Crippen MR) is 75.8 cm³/mol. The number of carbonyl (C=O) groups excluding carboxylic acids is 1. The van der Waals surface area contributed by atoms with Crippen LogP contribution in [0, 0.1) is 11.3 Å². The Bertz CT molecular complexity index is 539. The number of rotatable bonds is 3. The highest BCUT2D eigenvalue weighted by Crippen LogP contribution is 2.27. The zero-order valence-electron chi connectivity index (χ0n) is 11.2. The van der Waals surface area contributed by atoms with Gasteiger partial charge in [-0.2, -0.15) is 5.26 Å². The maximum absolute atomic E-state index is 12.0. The van der Waals surface area contributed by atoms with Crippen LogP contribution in [-0.4, -0.2) is 42.9 Å². The van der Waals surface area contributed by atoms with Crippen molar-refractivity contribution in [1.82, 2.24) is 9.80 Å².